The van der Waals surface area contributed by atoms with Crippen molar-refractivity contribution in [2.75, 3.05) is 24.5 Å². The fourth-order valence-corrected chi connectivity index (χ4v) is 5.07. The number of hydrogen-bond donors (Lipinski definition) is 2. The molecule has 1 aliphatic carbocycles. The molecule has 4 rings (SSSR count). The molecule has 1 aliphatic heterocycles. The lowest BCUT2D eigenvalue weighted by molar-refractivity contribution is -0.192. The number of para-hydroxylation sites is 1. The highest BCUT2D eigenvalue weighted by atomic mass is 19.4. The van der Waals surface area contributed by atoms with E-state index in [1.54, 1.807) is 0 Å². The van der Waals surface area contributed by atoms with E-state index in [4.69, 9.17) is 15.6 Å². The molecule has 6 nitrogen and oxygen atoms in total. The zero-order valence-corrected chi connectivity index (χ0v) is 21.2. The molecular formula is C28H36F3N3O3. The van der Waals surface area contributed by atoms with E-state index in [2.05, 4.69) is 35.2 Å². The highest BCUT2D eigenvalue weighted by Gasteiger charge is 2.38. The second kappa shape index (κ2) is 13.1. The van der Waals surface area contributed by atoms with Gasteiger partial charge in [-0.1, -0.05) is 43.3 Å². The zero-order chi connectivity index (χ0) is 27.0. The molecule has 2 aromatic carbocycles. The van der Waals surface area contributed by atoms with Gasteiger partial charge in [-0.25, -0.2) is 4.79 Å². The van der Waals surface area contributed by atoms with Crippen molar-refractivity contribution in [1.29, 1.82) is 0 Å². The molecule has 2 aromatic rings. The maximum absolute atomic E-state index is 12.6. The molecule has 202 valence electrons. The molecule has 0 aromatic heterocycles. The third kappa shape index (κ3) is 8.04. The van der Waals surface area contributed by atoms with Crippen molar-refractivity contribution in [3.05, 3.63) is 65.2 Å². The van der Waals surface area contributed by atoms with Gasteiger partial charge in [0, 0.05) is 43.8 Å². The Balaban J connectivity index is 0.000000479. The van der Waals surface area contributed by atoms with E-state index in [9.17, 15) is 18.0 Å². The molecule has 1 saturated heterocycles. The highest BCUT2D eigenvalue weighted by molar-refractivity contribution is 5.93. The van der Waals surface area contributed by atoms with Crippen LogP contribution in [0.25, 0.3) is 0 Å². The van der Waals surface area contributed by atoms with Crippen LogP contribution in [-0.4, -0.2) is 53.7 Å². The molecule has 0 spiro atoms. The summed E-state index contributed by atoms with van der Waals surface area (Å²) >= 11 is 0. The van der Waals surface area contributed by atoms with Crippen LogP contribution in [0.2, 0.25) is 0 Å². The number of carboxylic acid groups (broad SMARTS) is 1. The second-order valence-electron chi connectivity index (χ2n) is 9.61. The number of anilines is 1. The lowest BCUT2D eigenvalue weighted by atomic mass is 9.87. The summed E-state index contributed by atoms with van der Waals surface area (Å²) in [4.78, 5) is 26.1. The Bertz CT molecular complexity index is 1040. The topological polar surface area (TPSA) is 86.9 Å². The summed E-state index contributed by atoms with van der Waals surface area (Å²) in [5.74, 6) is -2.53. The summed E-state index contributed by atoms with van der Waals surface area (Å²) in [5.41, 5.74) is 11.5. The van der Waals surface area contributed by atoms with E-state index in [1.165, 1.54) is 29.5 Å². The minimum Gasteiger partial charge on any atom is -0.475 e. The van der Waals surface area contributed by atoms with Crippen LogP contribution in [-0.2, 0) is 22.4 Å². The van der Waals surface area contributed by atoms with Crippen LogP contribution in [0, 0.1) is 0 Å². The van der Waals surface area contributed by atoms with E-state index in [1.807, 2.05) is 30.0 Å². The lowest BCUT2D eigenvalue weighted by Gasteiger charge is -2.38. The van der Waals surface area contributed by atoms with Gasteiger partial charge in [0.1, 0.15) is 0 Å². The van der Waals surface area contributed by atoms with Crippen molar-refractivity contribution in [3.63, 3.8) is 0 Å². The average molecular weight is 520 g/mol. The number of nitrogens with zero attached hydrogens (tertiary/aromatic N) is 2. The molecular weight excluding hydrogens is 483 g/mol. The third-order valence-electron chi connectivity index (χ3n) is 7.06. The summed E-state index contributed by atoms with van der Waals surface area (Å²) < 4.78 is 31.7. The van der Waals surface area contributed by atoms with Gasteiger partial charge in [-0.15, -0.1) is 0 Å². The quantitative estimate of drug-likeness (QED) is 0.554. The van der Waals surface area contributed by atoms with Crippen LogP contribution >= 0.6 is 0 Å². The maximum atomic E-state index is 12.6. The number of piperidine rings is 1. The van der Waals surface area contributed by atoms with Gasteiger partial charge in [0.15, 0.2) is 0 Å². The Labute approximate surface area is 216 Å². The van der Waals surface area contributed by atoms with Crippen molar-refractivity contribution < 1.29 is 27.9 Å². The first kappa shape index (κ1) is 28.7. The van der Waals surface area contributed by atoms with Crippen molar-refractivity contribution in [3.8, 4) is 0 Å². The van der Waals surface area contributed by atoms with E-state index < -0.39 is 12.1 Å². The zero-order valence-electron chi connectivity index (χ0n) is 21.2. The Morgan fingerprint density at radius 2 is 1.73 bits per heavy atom. The van der Waals surface area contributed by atoms with E-state index in [0.29, 0.717) is 12.5 Å². The molecule has 0 unspecified atom stereocenters. The van der Waals surface area contributed by atoms with Gasteiger partial charge in [0.05, 0.1) is 0 Å². The van der Waals surface area contributed by atoms with Crippen LogP contribution < -0.4 is 10.6 Å². The van der Waals surface area contributed by atoms with Crippen molar-refractivity contribution in [2.45, 2.75) is 70.1 Å². The molecule has 1 atom stereocenters. The molecule has 0 bridgehead atoms. The number of aryl methyl sites for hydroxylation is 1. The fraction of sp³-hybridized carbons (Fsp3) is 0.500. The van der Waals surface area contributed by atoms with Crippen molar-refractivity contribution >= 4 is 17.6 Å². The molecule has 3 N–H and O–H groups in total. The summed E-state index contributed by atoms with van der Waals surface area (Å²) in [6.45, 7) is 5.16. The minimum absolute atomic E-state index is 0.222. The number of amides is 1. The summed E-state index contributed by atoms with van der Waals surface area (Å²) in [6.07, 6.45) is 2.13. The summed E-state index contributed by atoms with van der Waals surface area (Å²) in [6, 6.07) is 17.6. The standard InChI is InChI=1S/C26H35N3O.C2HF3O2/c1-2-26(30)29(22-8-4-3-5-9-22)23-14-17-28(18-15-23)16-13-20-11-12-24-21(19-20)7-6-10-25(24)27;3-2(4,5)1(6)7/h3-5,8-9,11-12,19,23,25H,2,6-7,10,13-18,27H2,1H3;(H,6,7)/t25-;/m1./s1. The lowest BCUT2D eigenvalue weighted by Crippen LogP contribution is -2.47. The first-order valence-electron chi connectivity index (χ1n) is 12.9. The third-order valence-corrected chi connectivity index (χ3v) is 7.06. The normalized spacial score (nSPS) is 18.4. The van der Waals surface area contributed by atoms with Crippen LogP contribution in [0.15, 0.2) is 48.5 Å². The minimum atomic E-state index is -5.08. The van der Waals surface area contributed by atoms with Crippen LogP contribution in [0.3, 0.4) is 0 Å². The molecule has 1 heterocycles. The highest BCUT2D eigenvalue weighted by Crippen LogP contribution is 2.29. The molecule has 0 saturated carbocycles. The second-order valence-corrected chi connectivity index (χ2v) is 9.61. The fourth-order valence-electron chi connectivity index (χ4n) is 5.07. The first-order chi connectivity index (χ1) is 17.6. The molecule has 0 radical (unpaired) electrons. The van der Waals surface area contributed by atoms with E-state index >= 15 is 0 Å². The summed E-state index contributed by atoms with van der Waals surface area (Å²) in [5, 5.41) is 7.12. The van der Waals surface area contributed by atoms with Gasteiger partial charge in [0.2, 0.25) is 5.91 Å². The SMILES string of the molecule is CCC(=O)N(c1ccccc1)C1CCN(CCc2ccc3c(c2)CCC[C@H]3N)CC1.O=C(O)C(F)(F)F. The Morgan fingerprint density at radius 1 is 1.08 bits per heavy atom. The van der Waals surface area contributed by atoms with Gasteiger partial charge in [-0.2, -0.15) is 13.2 Å². The maximum Gasteiger partial charge on any atom is 0.490 e. The summed E-state index contributed by atoms with van der Waals surface area (Å²) in [7, 11) is 0. The smallest absolute Gasteiger partial charge is 0.475 e. The monoisotopic (exact) mass is 519 g/mol. The Hall–Kier alpha value is -2.91. The number of alkyl halides is 3. The predicted octanol–water partition coefficient (Wildman–Crippen LogP) is 5.11. The number of hydrogen-bond acceptors (Lipinski definition) is 4. The van der Waals surface area contributed by atoms with Gasteiger partial charge in [-0.05, 0) is 67.3 Å². The van der Waals surface area contributed by atoms with Crippen molar-refractivity contribution in [2.24, 2.45) is 5.73 Å². The van der Waals surface area contributed by atoms with Gasteiger partial charge in [-0.3, -0.25) is 4.79 Å². The van der Waals surface area contributed by atoms with E-state index in [-0.39, 0.29) is 11.9 Å². The first-order valence-corrected chi connectivity index (χ1v) is 12.9. The molecule has 37 heavy (non-hydrogen) atoms. The number of carbonyl (C=O) groups excluding carboxylic acids is 1. The van der Waals surface area contributed by atoms with Gasteiger partial charge >= 0.3 is 12.1 Å². The number of likely N-dealkylation sites (tertiary alicyclic amines) is 1. The molecule has 1 fully saturated rings. The van der Waals surface area contributed by atoms with E-state index in [0.717, 1.165) is 51.0 Å². The molecule has 1 amide bonds. The number of fused-ring (bicyclic) bond motifs is 1. The predicted molar refractivity (Wildman–Crippen MR) is 137 cm³/mol. The number of aliphatic carboxylic acids is 1. The molecule has 9 heteroatoms. The number of carboxylic acids is 1. The van der Waals surface area contributed by atoms with Gasteiger partial charge in [0.25, 0.3) is 0 Å². The number of benzene rings is 2. The average Bonchev–Trinajstić information content (AvgIpc) is 2.89. The van der Waals surface area contributed by atoms with Crippen LogP contribution in [0.5, 0.6) is 0 Å². The number of nitrogens with two attached hydrogens (primary N) is 1. The number of carbonyl (C=O) groups is 2. The Morgan fingerprint density at radius 3 is 2.32 bits per heavy atom. The van der Waals surface area contributed by atoms with Crippen LogP contribution in [0.4, 0.5) is 18.9 Å². The largest absolute Gasteiger partial charge is 0.490 e. The van der Waals surface area contributed by atoms with Crippen LogP contribution in [0.1, 0.15) is 61.8 Å². The van der Waals surface area contributed by atoms with Crippen molar-refractivity contribution in [1.82, 2.24) is 4.90 Å². The number of halogens is 3. The Kier molecular flexibility index (Phi) is 10.1. The number of rotatable bonds is 6. The molecule has 2 aliphatic rings. The van der Waals surface area contributed by atoms with Gasteiger partial charge < -0.3 is 20.6 Å².